The lowest BCUT2D eigenvalue weighted by Gasteiger charge is -2.33. The fourth-order valence-corrected chi connectivity index (χ4v) is 5.61. The van der Waals surface area contributed by atoms with Crippen LogP contribution in [0.3, 0.4) is 0 Å². The van der Waals surface area contributed by atoms with Gasteiger partial charge in [0.25, 0.3) is 0 Å². The Morgan fingerprint density at radius 2 is 1.12 bits per heavy atom. The molecule has 0 heterocycles. The molecular formula is C35H66Cl2O4. The van der Waals surface area contributed by atoms with Crippen LogP contribution >= 0.6 is 23.2 Å². The van der Waals surface area contributed by atoms with E-state index in [0.29, 0.717) is 29.6 Å². The highest BCUT2D eigenvalue weighted by Gasteiger charge is 2.26. The van der Waals surface area contributed by atoms with Crippen molar-refractivity contribution in [2.75, 3.05) is 5.88 Å². The van der Waals surface area contributed by atoms with Gasteiger partial charge in [0.05, 0.1) is 5.60 Å². The normalized spacial score (nSPS) is 19.6. The summed E-state index contributed by atoms with van der Waals surface area (Å²) in [4.78, 5) is 19.5. The zero-order valence-electron chi connectivity index (χ0n) is 26.8. The predicted molar refractivity (Wildman–Crippen MR) is 181 cm³/mol. The number of rotatable bonds is 6. The third kappa shape index (κ3) is 30.4. The van der Waals surface area contributed by atoms with Crippen molar-refractivity contribution >= 4 is 34.4 Å². The van der Waals surface area contributed by atoms with Crippen LogP contribution in [0.1, 0.15) is 165 Å². The summed E-state index contributed by atoms with van der Waals surface area (Å²) in [5.74, 6) is -0.423. The zero-order valence-corrected chi connectivity index (χ0v) is 28.3. The Morgan fingerprint density at radius 3 is 1.32 bits per heavy atom. The Balaban J connectivity index is -0.000000445. The van der Waals surface area contributed by atoms with Gasteiger partial charge in [0.15, 0.2) is 0 Å². The van der Waals surface area contributed by atoms with Gasteiger partial charge < -0.3 is 10.2 Å². The van der Waals surface area contributed by atoms with Gasteiger partial charge in [-0.2, -0.15) is 0 Å². The lowest BCUT2D eigenvalue weighted by Crippen LogP contribution is -2.26. The van der Waals surface area contributed by atoms with Gasteiger partial charge in [-0.3, -0.25) is 4.79 Å². The Bertz CT molecular complexity index is 672. The minimum absolute atomic E-state index is 0. The zero-order chi connectivity index (χ0) is 31.2. The molecule has 4 nitrogen and oxygen atoms in total. The van der Waals surface area contributed by atoms with Crippen molar-refractivity contribution in [1.29, 1.82) is 0 Å². The standard InChI is InChI=1S/C11H20.C8H16.C7H14O.C4H6Cl2O.C4H6O2.CH4/c1-10(2)9-11(3)7-5-4-6-8-11;1-8(2)6-4-3-5-7-8;1-7(8)5-3-2-4-6-7;5-3-1-2-4(6)7;1-3(2)4(5)6;/h1,4-9H2,2-3H3;3-7H2,1-2H3;8H,2-6H2,1H3;1-3H2;1H2,2H3,(H,5,6);1H4. The molecule has 0 aromatic rings. The first kappa shape index (κ1) is 44.6. The van der Waals surface area contributed by atoms with Crippen molar-refractivity contribution in [3.63, 3.8) is 0 Å². The topological polar surface area (TPSA) is 74.6 Å². The highest BCUT2D eigenvalue weighted by atomic mass is 35.5. The van der Waals surface area contributed by atoms with Crippen molar-refractivity contribution in [3.8, 4) is 0 Å². The fourth-order valence-electron chi connectivity index (χ4n) is 5.34. The van der Waals surface area contributed by atoms with Gasteiger partial charge in [0, 0.05) is 17.9 Å². The molecule has 0 atom stereocenters. The van der Waals surface area contributed by atoms with Crippen molar-refractivity contribution < 1.29 is 19.8 Å². The number of alkyl halides is 1. The summed E-state index contributed by atoms with van der Waals surface area (Å²) in [7, 11) is 0. The van der Waals surface area contributed by atoms with E-state index in [1.54, 1.807) is 0 Å². The molecule has 3 fully saturated rings. The van der Waals surface area contributed by atoms with Crippen molar-refractivity contribution in [1.82, 2.24) is 0 Å². The second kappa shape index (κ2) is 24.6. The van der Waals surface area contributed by atoms with Crippen LogP contribution in [0.25, 0.3) is 0 Å². The van der Waals surface area contributed by atoms with Gasteiger partial charge >= 0.3 is 5.97 Å². The molecule has 0 radical (unpaired) electrons. The first-order valence-corrected chi connectivity index (χ1v) is 16.4. The summed E-state index contributed by atoms with van der Waals surface area (Å²) in [6.45, 7) is 19.9. The largest absolute Gasteiger partial charge is 0.478 e. The van der Waals surface area contributed by atoms with Crippen LogP contribution in [-0.4, -0.2) is 32.9 Å². The molecule has 244 valence electrons. The summed E-state index contributed by atoms with van der Waals surface area (Å²) in [5.41, 5.74) is 2.49. The highest BCUT2D eigenvalue weighted by molar-refractivity contribution is 6.63. The molecule has 0 aromatic carbocycles. The summed E-state index contributed by atoms with van der Waals surface area (Å²) < 4.78 is 0. The average molecular weight is 622 g/mol. The van der Waals surface area contributed by atoms with E-state index in [2.05, 4.69) is 40.9 Å². The summed E-state index contributed by atoms with van der Waals surface area (Å²) >= 11 is 10.2. The van der Waals surface area contributed by atoms with Gasteiger partial charge in [-0.25, -0.2) is 4.79 Å². The third-order valence-electron chi connectivity index (χ3n) is 7.80. The number of carboxylic acid groups (broad SMARTS) is 1. The predicted octanol–water partition coefficient (Wildman–Crippen LogP) is 11.7. The Hall–Kier alpha value is -0.840. The van der Waals surface area contributed by atoms with E-state index in [-0.39, 0.29) is 23.8 Å². The van der Waals surface area contributed by atoms with Crippen molar-refractivity contribution in [2.24, 2.45) is 10.8 Å². The van der Waals surface area contributed by atoms with Crippen LogP contribution in [0.2, 0.25) is 0 Å². The Kier molecular flexibility index (Phi) is 26.7. The SMILES string of the molecule is C.C=C(C)C(=O)O.C=C(C)CC1(C)CCCCC1.CC1(C)CCCCC1.CC1(O)CCCCC1.O=C(Cl)CCCCl. The number of aliphatic hydroxyl groups is 1. The molecule has 6 heteroatoms. The molecular weight excluding hydrogens is 555 g/mol. The number of carbonyl (C=O) groups excluding carboxylic acids is 1. The summed E-state index contributed by atoms with van der Waals surface area (Å²) in [5, 5.41) is 17.0. The molecule has 0 bridgehead atoms. The molecule has 0 aromatic heterocycles. The van der Waals surface area contributed by atoms with Crippen molar-refractivity contribution in [3.05, 3.63) is 24.3 Å². The summed E-state index contributed by atoms with van der Waals surface area (Å²) in [6.07, 6.45) is 22.5. The maximum absolute atomic E-state index is 9.91. The number of allylic oxidation sites excluding steroid dienone is 1. The first-order valence-electron chi connectivity index (χ1n) is 15.5. The number of halogens is 2. The first-order chi connectivity index (χ1) is 18.5. The minimum atomic E-state index is -0.935. The van der Waals surface area contributed by atoms with E-state index in [1.165, 1.54) is 102 Å². The van der Waals surface area contributed by atoms with Crippen LogP contribution in [0.5, 0.6) is 0 Å². The Morgan fingerprint density at radius 1 is 0.756 bits per heavy atom. The highest BCUT2D eigenvalue weighted by Crippen LogP contribution is 2.40. The van der Waals surface area contributed by atoms with Crippen LogP contribution in [0, 0.1) is 10.8 Å². The van der Waals surface area contributed by atoms with Crippen LogP contribution in [0.4, 0.5) is 0 Å². The van der Waals surface area contributed by atoms with E-state index in [9.17, 15) is 14.7 Å². The van der Waals surface area contributed by atoms with E-state index >= 15 is 0 Å². The van der Waals surface area contributed by atoms with E-state index in [4.69, 9.17) is 28.3 Å². The third-order valence-corrected chi connectivity index (χ3v) is 8.26. The van der Waals surface area contributed by atoms with Crippen molar-refractivity contribution in [2.45, 2.75) is 170 Å². The second-order valence-corrected chi connectivity index (χ2v) is 14.3. The monoisotopic (exact) mass is 620 g/mol. The maximum atomic E-state index is 9.91. The summed E-state index contributed by atoms with van der Waals surface area (Å²) in [6, 6.07) is 0. The molecule has 2 N–H and O–H groups in total. The van der Waals surface area contributed by atoms with Gasteiger partial charge in [0.2, 0.25) is 5.24 Å². The van der Waals surface area contributed by atoms with Gasteiger partial charge in [-0.15, -0.1) is 18.2 Å². The number of aliphatic carboxylic acids is 1. The van der Waals surface area contributed by atoms with Crippen LogP contribution < -0.4 is 0 Å². The Labute approximate surface area is 264 Å². The van der Waals surface area contributed by atoms with E-state index in [0.717, 1.165) is 12.8 Å². The number of carbonyl (C=O) groups is 2. The smallest absolute Gasteiger partial charge is 0.330 e. The number of hydrogen-bond acceptors (Lipinski definition) is 3. The molecule has 0 unspecified atom stereocenters. The van der Waals surface area contributed by atoms with Gasteiger partial charge in [-0.1, -0.05) is 98.1 Å². The van der Waals surface area contributed by atoms with E-state index in [1.807, 2.05) is 6.92 Å². The average Bonchev–Trinajstić information content (AvgIpc) is 2.83. The molecule has 0 amide bonds. The second-order valence-electron chi connectivity index (χ2n) is 13.5. The number of hydrogen-bond donors (Lipinski definition) is 2. The fraction of sp³-hybridized carbons (Fsp3) is 0.829. The molecule has 0 saturated heterocycles. The van der Waals surface area contributed by atoms with Crippen LogP contribution in [0.15, 0.2) is 24.3 Å². The molecule has 0 aliphatic heterocycles. The van der Waals surface area contributed by atoms with E-state index < -0.39 is 5.97 Å². The number of carboxylic acids is 1. The molecule has 3 aliphatic rings. The molecule has 0 spiro atoms. The molecule has 3 saturated carbocycles. The van der Waals surface area contributed by atoms with Crippen LogP contribution in [-0.2, 0) is 9.59 Å². The van der Waals surface area contributed by atoms with Gasteiger partial charge in [0.1, 0.15) is 0 Å². The minimum Gasteiger partial charge on any atom is -0.478 e. The maximum Gasteiger partial charge on any atom is 0.330 e. The molecule has 3 rings (SSSR count). The lowest BCUT2D eigenvalue weighted by atomic mass is 9.72. The molecule has 3 aliphatic carbocycles. The molecule has 41 heavy (non-hydrogen) atoms. The lowest BCUT2D eigenvalue weighted by molar-refractivity contribution is -0.132. The van der Waals surface area contributed by atoms with Gasteiger partial charge in [-0.05, 0) is 94.6 Å². The quantitative estimate of drug-likeness (QED) is 0.134.